The molecule has 3 nitrogen and oxygen atoms in total. The maximum atomic E-state index is 6.27. The normalized spacial score (nSPS) is 35.1. The Morgan fingerprint density at radius 1 is 1.22 bits per heavy atom. The monoisotopic (exact) mass is 247 g/mol. The van der Waals surface area contributed by atoms with Crippen LogP contribution in [0.1, 0.15) is 43.4 Å². The topological polar surface area (TPSA) is 44.5 Å². The lowest BCUT2D eigenvalue weighted by atomic mass is 9.93. The molecule has 1 aromatic rings. The van der Waals surface area contributed by atoms with E-state index < -0.39 is 0 Å². The molecule has 0 radical (unpaired) electrons. The van der Waals surface area contributed by atoms with E-state index in [0.29, 0.717) is 6.10 Å². The first-order valence-electron chi connectivity index (χ1n) is 6.81. The van der Waals surface area contributed by atoms with Gasteiger partial charge >= 0.3 is 0 Å². The molecule has 4 unspecified atom stereocenters. The fraction of sp³-hybridized carbons (Fsp3) is 0.600. The van der Waals surface area contributed by atoms with Crippen LogP contribution in [0.3, 0.4) is 0 Å². The molecule has 1 aromatic carbocycles. The molecule has 2 aliphatic heterocycles. The quantitative estimate of drug-likeness (QED) is 0.830. The van der Waals surface area contributed by atoms with Gasteiger partial charge in [-0.1, -0.05) is 17.7 Å². The third-order valence-corrected chi connectivity index (χ3v) is 4.01. The molecule has 18 heavy (non-hydrogen) atoms. The highest BCUT2D eigenvalue weighted by Gasteiger charge is 2.36. The highest BCUT2D eigenvalue weighted by Crippen LogP contribution is 2.37. The Labute approximate surface area is 108 Å². The number of nitrogens with two attached hydrogens (primary N) is 1. The van der Waals surface area contributed by atoms with Crippen molar-refractivity contribution in [2.75, 3.05) is 0 Å². The predicted octanol–water partition coefficient (Wildman–Crippen LogP) is 2.71. The molecular formula is C15H21NO2. The summed E-state index contributed by atoms with van der Waals surface area (Å²) in [5.74, 6) is 0.938. The standard InChI is InChI=1S/C15H21NO2/c1-9-3-5-13-11(7-9)12(16)8-15(18-13)14-6-4-10(2)17-14/h3,5,7,10,12,14-15H,4,6,8,16H2,1-2H3. The summed E-state index contributed by atoms with van der Waals surface area (Å²) in [4.78, 5) is 0. The zero-order valence-corrected chi connectivity index (χ0v) is 11.1. The van der Waals surface area contributed by atoms with Crippen LogP contribution >= 0.6 is 0 Å². The average molecular weight is 247 g/mol. The van der Waals surface area contributed by atoms with Crippen molar-refractivity contribution in [1.29, 1.82) is 0 Å². The zero-order valence-electron chi connectivity index (χ0n) is 11.1. The van der Waals surface area contributed by atoms with Gasteiger partial charge in [-0.3, -0.25) is 0 Å². The summed E-state index contributed by atoms with van der Waals surface area (Å²) in [7, 11) is 0. The van der Waals surface area contributed by atoms with E-state index in [4.69, 9.17) is 15.2 Å². The third kappa shape index (κ3) is 2.13. The van der Waals surface area contributed by atoms with Crippen LogP contribution < -0.4 is 10.5 Å². The minimum absolute atomic E-state index is 0.0677. The Kier molecular flexibility index (Phi) is 3.04. The van der Waals surface area contributed by atoms with Crippen LogP contribution in [-0.4, -0.2) is 18.3 Å². The van der Waals surface area contributed by atoms with Gasteiger partial charge in [0.2, 0.25) is 0 Å². The summed E-state index contributed by atoms with van der Waals surface area (Å²) in [6.45, 7) is 4.21. The van der Waals surface area contributed by atoms with Gasteiger partial charge in [-0.25, -0.2) is 0 Å². The third-order valence-electron chi connectivity index (χ3n) is 4.01. The lowest BCUT2D eigenvalue weighted by molar-refractivity contribution is -0.0281. The SMILES string of the molecule is Cc1ccc2c(c1)C(N)CC(C1CCC(C)O1)O2. The molecule has 0 aromatic heterocycles. The van der Waals surface area contributed by atoms with Crippen molar-refractivity contribution < 1.29 is 9.47 Å². The van der Waals surface area contributed by atoms with Gasteiger partial charge in [-0.15, -0.1) is 0 Å². The highest BCUT2D eigenvalue weighted by atomic mass is 16.6. The van der Waals surface area contributed by atoms with Gasteiger partial charge in [0, 0.05) is 18.0 Å². The lowest BCUT2D eigenvalue weighted by Crippen LogP contribution is -2.38. The maximum Gasteiger partial charge on any atom is 0.127 e. The number of hydrogen-bond donors (Lipinski definition) is 1. The van der Waals surface area contributed by atoms with E-state index in [-0.39, 0.29) is 18.2 Å². The summed E-state index contributed by atoms with van der Waals surface area (Å²) in [5, 5.41) is 0. The summed E-state index contributed by atoms with van der Waals surface area (Å²) < 4.78 is 12.0. The lowest BCUT2D eigenvalue weighted by Gasteiger charge is -2.33. The van der Waals surface area contributed by atoms with Gasteiger partial charge in [-0.05, 0) is 32.8 Å². The van der Waals surface area contributed by atoms with E-state index in [9.17, 15) is 0 Å². The molecule has 3 heteroatoms. The molecule has 2 heterocycles. The van der Waals surface area contributed by atoms with Crippen molar-refractivity contribution >= 4 is 0 Å². The summed E-state index contributed by atoms with van der Waals surface area (Å²) in [6.07, 6.45) is 3.74. The fourth-order valence-corrected chi connectivity index (χ4v) is 2.99. The number of hydrogen-bond acceptors (Lipinski definition) is 3. The van der Waals surface area contributed by atoms with Gasteiger partial charge in [0.05, 0.1) is 12.2 Å². The maximum absolute atomic E-state index is 6.27. The van der Waals surface area contributed by atoms with Crippen LogP contribution in [-0.2, 0) is 4.74 Å². The van der Waals surface area contributed by atoms with E-state index in [1.54, 1.807) is 0 Å². The van der Waals surface area contributed by atoms with Gasteiger partial charge in [0.25, 0.3) is 0 Å². The smallest absolute Gasteiger partial charge is 0.127 e. The van der Waals surface area contributed by atoms with Crippen molar-refractivity contribution in [3.05, 3.63) is 29.3 Å². The van der Waals surface area contributed by atoms with Gasteiger partial charge in [0.15, 0.2) is 0 Å². The van der Waals surface area contributed by atoms with Crippen molar-refractivity contribution in [3.63, 3.8) is 0 Å². The molecule has 0 aliphatic carbocycles. The molecule has 0 saturated carbocycles. The minimum Gasteiger partial charge on any atom is -0.487 e. The first kappa shape index (κ1) is 12.0. The van der Waals surface area contributed by atoms with Crippen molar-refractivity contribution in [2.45, 2.75) is 57.5 Å². The molecule has 1 fully saturated rings. The molecule has 0 bridgehead atoms. The van der Waals surface area contributed by atoms with Crippen molar-refractivity contribution in [1.82, 2.24) is 0 Å². The van der Waals surface area contributed by atoms with Crippen LogP contribution in [0.5, 0.6) is 5.75 Å². The minimum atomic E-state index is 0.0677. The molecule has 2 N–H and O–H groups in total. The number of benzene rings is 1. The van der Waals surface area contributed by atoms with E-state index in [2.05, 4.69) is 26.0 Å². The van der Waals surface area contributed by atoms with Crippen LogP contribution in [0.4, 0.5) is 0 Å². The molecule has 0 spiro atoms. The first-order chi connectivity index (χ1) is 8.63. The molecule has 3 rings (SSSR count). The van der Waals surface area contributed by atoms with E-state index in [0.717, 1.165) is 30.6 Å². The number of ether oxygens (including phenoxy) is 2. The number of aryl methyl sites for hydroxylation is 1. The van der Waals surface area contributed by atoms with E-state index in [1.807, 2.05) is 6.07 Å². The molecule has 4 atom stereocenters. The predicted molar refractivity (Wildman–Crippen MR) is 70.7 cm³/mol. The number of fused-ring (bicyclic) bond motifs is 1. The fourth-order valence-electron chi connectivity index (χ4n) is 2.99. The Balaban J connectivity index is 1.81. The molecule has 0 amide bonds. The Morgan fingerprint density at radius 3 is 2.78 bits per heavy atom. The second-order valence-electron chi connectivity index (χ2n) is 5.60. The second kappa shape index (κ2) is 4.56. The Bertz CT molecular complexity index is 446. The van der Waals surface area contributed by atoms with Crippen LogP contribution in [0.2, 0.25) is 0 Å². The van der Waals surface area contributed by atoms with Crippen LogP contribution in [0.25, 0.3) is 0 Å². The molecule has 98 valence electrons. The number of rotatable bonds is 1. The molecule has 1 saturated heterocycles. The first-order valence-corrected chi connectivity index (χ1v) is 6.81. The van der Waals surface area contributed by atoms with E-state index >= 15 is 0 Å². The van der Waals surface area contributed by atoms with Crippen molar-refractivity contribution in [3.8, 4) is 5.75 Å². The summed E-state index contributed by atoms with van der Waals surface area (Å²) >= 11 is 0. The second-order valence-corrected chi connectivity index (χ2v) is 5.60. The molecular weight excluding hydrogens is 226 g/mol. The summed E-state index contributed by atoms with van der Waals surface area (Å²) in [5.41, 5.74) is 8.64. The van der Waals surface area contributed by atoms with Gasteiger partial charge < -0.3 is 15.2 Å². The van der Waals surface area contributed by atoms with Gasteiger partial charge in [-0.2, -0.15) is 0 Å². The summed E-state index contributed by atoms with van der Waals surface area (Å²) in [6, 6.07) is 6.31. The Morgan fingerprint density at radius 2 is 2.06 bits per heavy atom. The molecule has 2 aliphatic rings. The van der Waals surface area contributed by atoms with Crippen LogP contribution in [0, 0.1) is 6.92 Å². The largest absolute Gasteiger partial charge is 0.487 e. The van der Waals surface area contributed by atoms with Crippen LogP contribution in [0.15, 0.2) is 18.2 Å². The zero-order chi connectivity index (χ0) is 12.7. The average Bonchev–Trinajstić information content (AvgIpc) is 2.77. The van der Waals surface area contributed by atoms with E-state index in [1.165, 1.54) is 5.56 Å². The Hall–Kier alpha value is -1.06. The highest BCUT2D eigenvalue weighted by molar-refractivity contribution is 5.40. The van der Waals surface area contributed by atoms with Gasteiger partial charge in [0.1, 0.15) is 11.9 Å². The van der Waals surface area contributed by atoms with Crippen molar-refractivity contribution in [2.24, 2.45) is 5.73 Å².